The standard InChI is InChI=1S/C22H24N4O4S/c1-5-29-17-11-14(8-9-16(17)30-21(28)18-7-6-10-31-18)13-23-26-20(27)15-12-19(25-24-15)22(2,3)4/h6-13H,5H2,1-4H3,(H,24,25)(H,26,27). The minimum Gasteiger partial charge on any atom is -0.490 e. The van der Waals surface area contributed by atoms with Gasteiger partial charge in [0.2, 0.25) is 0 Å². The van der Waals surface area contributed by atoms with Gasteiger partial charge in [-0.15, -0.1) is 11.3 Å². The third kappa shape index (κ3) is 5.79. The number of rotatable bonds is 7. The zero-order chi connectivity index (χ0) is 22.4. The van der Waals surface area contributed by atoms with Crippen LogP contribution in [0.4, 0.5) is 0 Å². The van der Waals surface area contributed by atoms with Gasteiger partial charge in [0, 0.05) is 11.1 Å². The Morgan fingerprint density at radius 1 is 1.23 bits per heavy atom. The van der Waals surface area contributed by atoms with E-state index in [0.29, 0.717) is 28.5 Å². The van der Waals surface area contributed by atoms with Crippen molar-refractivity contribution in [3.05, 3.63) is 63.6 Å². The van der Waals surface area contributed by atoms with Crippen LogP contribution in [-0.4, -0.2) is 34.9 Å². The first-order chi connectivity index (χ1) is 14.8. The number of ether oxygens (including phenoxy) is 2. The number of hydrazone groups is 1. The number of aromatic nitrogens is 2. The Hall–Kier alpha value is -3.46. The summed E-state index contributed by atoms with van der Waals surface area (Å²) >= 11 is 1.30. The van der Waals surface area contributed by atoms with E-state index in [-0.39, 0.29) is 11.1 Å². The van der Waals surface area contributed by atoms with Gasteiger partial charge in [0.15, 0.2) is 17.2 Å². The van der Waals surface area contributed by atoms with Crippen LogP contribution in [0.3, 0.4) is 0 Å². The van der Waals surface area contributed by atoms with Gasteiger partial charge >= 0.3 is 5.97 Å². The van der Waals surface area contributed by atoms with Gasteiger partial charge in [0.05, 0.1) is 12.8 Å². The topological polar surface area (TPSA) is 106 Å². The van der Waals surface area contributed by atoms with E-state index < -0.39 is 11.9 Å². The molecule has 0 aliphatic heterocycles. The summed E-state index contributed by atoms with van der Waals surface area (Å²) in [5, 5.41) is 12.7. The molecule has 0 saturated carbocycles. The highest BCUT2D eigenvalue weighted by molar-refractivity contribution is 7.12. The summed E-state index contributed by atoms with van der Waals surface area (Å²) in [6.45, 7) is 8.31. The Morgan fingerprint density at radius 3 is 2.68 bits per heavy atom. The van der Waals surface area contributed by atoms with Crippen molar-refractivity contribution in [2.45, 2.75) is 33.1 Å². The zero-order valence-corrected chi connectivity index (χ0v) is 18.6. The Kier molecular flexibility index (Phi) is 6.86. The van der Waals surface area contributed by atoms with E-state index in [4.69, 9.17) is 9.47 Å². The van der Waals surface area contributed by atoms with E-state index >= 15 is 0 Å². The van der Waals surface area contributed by atoms with Crippen LogP contribution in [0.15, 0.2) is 46.9 Å². The summed E-state index contributed by atoms with van der Waals surface area (Å²) in [6, 6.07) is 10.2. The summed E-state index contributed by atoms with van der Waals surface area (Å²) in [7, 11) is 0. The maximum atomic E-state index is 12.2. The predicted octanol–water partition coefficient (Wildman–Crippen LogP) is 4.15. The van der Waals surface area contributed by atoms with Gasteiger partial charge in [-0.1, -0.05) is 26.8 Å². The van der Waals surface area contributed by atoms with Crippen LogP contribution in [0.1, 0.15) is 59.1 Å². The van der Waals surface area contributed by atoms with Crippen molar-refractivity contribution < 1.29 is 19.1 Å². The average Bonchev–Trinajstić information content (AvgIpc) is 3.42. The summed E-state index contributed by atoms with van der Waals surface area (Å²) in [5.41, 5.74) is 4.09. The fourth-order valence-electron chi connectivity index (χ4n) is 2.55. The zero-order valence-electron chi connectivity index (χ0n) is 17.8. The number of H-pyrrole nitrogens is 1. The number of amides is 1. The Bertz CT molecular complexity index is 1080. The molecule has 1 amide bonds. The molecule has 9 heteroatoms. The molecule has 2 aromatic heterocycles. The van der Waals surface area contributed by atoms with Gasteiger partial charge in [-0.3, -0.25) is 9.89 Å². The first-order valence-corrected chi connectivity index (χ1v) is 10.6. The fourth-order valence-corrected chi connectivity index (χ4v) is 3.15. The van der Waals surface area contributed by atoms with Crippen LogP contribution in [-0.2, 0) is 5.41 Å². The number of hydrogen-bond acceptors (Lipinski definition) is 7. The molecule has 162 valence electrons. The van der Waals surface area contributed by atoms with Crippen LogP contribution >= 0.6 is 11.3 Å². The summed E-state index contributed by atoms with van der Waals surface area (Å²) in [5.74, 6) is -0.148. The van der Waals surface area contributed by atoms with Crippen molar-refractivity contribution in [3.63, 3.8) is 0 Å². The number of nitrogens with zero attached hydrogens (tertiary/aromatic N) is 2. The molecule has 0 aliphatic rings. The number of carbonyl (C=O) groups excluding carboxylic acids is 2. The van der Waals surface area contributed by atoms with E-state index in [1.54, 1.807) is 41.8 Å². The van der Waals surface area contributed by atoms with Gasteiger partial charge < -0.3 is 9.47 Å². The molecule has 1 aromatic carbocycles. The third-order valence-corrected chi connectivity index (χ3v) is 5.04. The van der Waals surface area contributed by atoms with Gasteiger partial charge in [-0.2, -0.15) is 10.2 Å². The molecule has 3 rings (SSSR count). The molecular weight excluding hydrogens is 416 g/mol. The molecule has 2 N–H and O–H groups in total. The second-order valence-electron chi connectivity index (χ2n) is 7.62. The SMILES string of the molecule is CCOc1cc(C=NNC(=O)c2cc(C(C)(C)C)[nH]n2)ccc1OC(=O)c1cccs1. The molecule has 0 atom stereocenters. The largest absolute Gasteiger partial charge is 0.490 e. The molecule has 0 saturated heterocycles. The first-order valence-electron chi connectivity index (χ1n) is 9.69. The minimum absolute atomic E-state index is 0.140. The molecule has 0 spiro atoms. The highest BCUT2D eigenvalue weighted by Gasteiger charge is 2.19. The molecule has 8 nitrogen and oxygen atoms in total. The number of aromatic amines is 1. The maximum Gasteiger partial charge on any atom is 0.353 e. The number of nitrogens with one attached hydrogen (secondary N) is 2. The van der Waals surface area contributed by atoms with E-state index in [9.17, 15) is 9.59 Å². The van der Waals surface area contributed by atoms with Crippen LogP contribution < -0.4 is 14.9 Å². The van der Waals surface area contributed by atoms with Gasteiger partial charge in [-0.25, -0.2) is 10.2 Å². The molecule has 0 aliphatic carbocycles. The van der Waals surface area contributed by atoms with E-state index in [1.165, 1.54) is 17.6 Å². The Morgan fingerprint density at radius 2 is 2.03 bits per heavy atom. The predicted molar refractivity (Wildman–Crippen MR) is 119 cm³/mol. The van der Waals surface area contributed by atoms with Crippen molar-refractivity contribution in [1.29, 1.82) is 0 Å². The lowest BCUT2D eigenvalue weighted by Gasteiger charge is -2.14. The molecule has 0 radical (unpaired) electrons. The van der Waals surface area contributed by atoms with Crippen molar-refractivity contribution >= 4 is 29.4 Å². The number of carbonyl (C=O) groups is 2. The third-order valence-electron chi connectivity index (χ3n) is 4.19. The Labute approximate surface area is 184 Å². The summed E-state index contributed by atoms with van der Waals surface area (Å²) in [4.78, 5) is 25.0. The van der Waals surface area contributed by atoms with Crippen LogP contribution in [0.2, 0.25) is 0 Å². The lowest BCUT2D eigenvalue weighted by Crippen LogP contribution is -2.18. The van der Waals surface area contributed by atoms with Gasteiger partial charge in [0.1, 0.15) is 4.88 Å². The molecule has 0 bridgehead atoms. The molecule has 0 fully saturated rings. The highest BCUT2D eigenvalue weighted by atomic mass is 32.1. The second-order valence-corrected chi connectivity index (χ2v) is 8.57. The molecule has 0 unspecified atom stereocenters. The lowest BCUT2D eigenvalue weighted by molar-refractivity contribution is 0.0733. The second kappa shape index (κ2) is 9.57. The summed E-state index contributed by atoms with van der Waals surface area (Å²) < 4.78 is 11.0. The number of benzene rings is 1. The Balaban J connectivity index is 1.67. The van der Waals surface area contributed by atoms with E-state index in [0.717, 1.165) is 5.69 Å². The summed E-state index contributed by atoms with van der Waals surface area (Å²) in [6.07, 6.45) is 1.47. The average molecular weight is 441 g/mol. The van der Waals surface area contributed by atoms with Crippen molar-refractivity contribution in [1.82, 2.24) is 15.6 Å². The van der Waals surface area contributed by atoms with Crippen molar-refractivity contribution in [2.24, 2.45) is 5.10 Å². The molecule has 31 heavy (non-hydrogen) atoms. The molecule has 3 aromatic rings. The van der Waals surface area contributed by atoms with Crippen LogP contribution in [0, 0.1) is 0 Å². The lowest BCUT2D eigenvalue weighted by atomic mass is 9.92. The number of esters is 1. The number of thiophene rings is 1. The fraction of sp³-hybridized carbons (Fsp3) is 0.273. The molecular formula is C22H24N4O4S. The first kappa shape index (κ1) is 22.2. The number of hydrogen-bond donors (Lipinski definition) is 2. The van der Waals surface area contributed by atoms with Crippen LogP contribution in [0.5, 0.6) is 11.5 Å². The van der Waals surface area contributed by atoms with E-state index in [2.05, 4.69) is 20.7 Å². The van der Waals surface area contributed by atoms with E-state index in [1.807, 2.05) is 27.7 Å². The van der Waals surface area contributed by atoms with Crippen LogP contribution in [0.25, 0.3) is 0 Å². The highest BCUT2D eigenvalue weighted by Crippen LogP contribution is 2.29. The maximum absolute atomic E-state index is 12.2. The minimum atomic E-state index is -0.446. The molecule has 2 heterocycles. The van der Waals surface area contributed by atoms with Gasteiger partial charge in [-0.05, 0) is 48.2 Å². The monoisotopic (exact) mass is 440 g/mol. The van der Waals surface area contributed by atoms with Gasteiger partial charge in [0.25, 0.3) is 5.91 Å². The van der Waals surface area contributed by atoms with Crippen molar-refractivity contribution in [2.75, 3.05) is 6.61 Å². The smallest absolute Gasteiger partial charge is 0.353 e. The van der Waals surface area contributed by atoms with Crippen molar-refractivity contribution in [3.8, 4) is 11.5 Å². The normalized spacial score (nSPS) is 11.5. The quantitative estimate of drug-likeness (QED) is 0.248.